The van der Waals surface area contributed by atoms with Crippen molar-refractivity contribution in [3.05, 3.63) is 58.7 Å². The van der Waals surface area contributed by atoms with Crippen LogP contribution in [0.15, 0.2) is 36.4 Å². The fraction of sp³-hybridized carbons (Fsp3) is 0.360. The van der Waals surface area contributed by atoms with Crippen LogP contribution in [0.3, 0.4) is 0 Å². The first-order valence-electron chi connectivity index (χ1n) is 10.8. The minimum absolute atomic E-state index is 0.00549. The van der Waals surface area contributed by atoms with Gasteiger partial charge in [-0.1, -0.05) is 24.0 Å². The molecule has 180 valence electrons. The number of ether oxygens (including phenoxy) is 2. The number of sulfone groups is 1. The third kappa shape index (κ3) is 5.41. The van der Waals surface area contributed by atoms with Crippen molar-refractivity contribution in [3.8, 4) is 23.3 Å². The number of imide groups is 1. The second-order valence-corrected chi connectivity index (χ2v) is 9.97. The second kappa shape index (κ2) is 10.7. The minimum atomic E-state index is -3.58. The van der Waals surface area contributed by atoms with Gasteiger partial charge in [0.25, 0.3) is 11.8 Å². The van der Waals surface area contributed by atoms with Crippen LogP contribution in [0.4, 0.5) is 0 Å². The Morgan fingerprint density at radius 2 is 1.88 bits per heavy atom. The van der Waals surface area contributed by atoms with Crippen LogP contribution in [0.25, 0.3) is 0 Å². The number of rotatable bonds is 9. The van der Waals surface area contributed by atoms with Crippen molar-refractivity contribution >= 4 is 21.7 Å². The molecule has 0 saturated carbocycles. The Labute approximate surface area is 199 Å². The van der Waals surface area contributed by atoms with Gasteiger partial charge in [-0.25, -0.2) is 8.42 Å². The van der Waals surface area contributed by atoms with E-state index in [1.807, 2.05) is 0 Å². The van der Waals surface area contributed by atoms with E-state index in [4.69, 9.17) is 14.6 Å². The van der Waals surface area contributed by atoms with Crippen LogP contribution >= 0.6 is 0 Å². The summed E-state index contributed by atoms with van der Waals surface area (Å²) in [4.78, 5) is 27.8. The highest BCUT2D eigenvalue weighted by Crippen LogP contribution is 2.37. The number of carbonyl (C=O) groups is 2. The first kappa shape index (κ1) is 25.3. The van der Waals surface area contributed by atoms with Crippen molar-refractivity contribution in [1.82, 2.24) is 4.90 Å². The number of methoxy groups -OCH3 is 1. The average molecular weight is 486 g/mol. The summed E-state index contributed by atoms with van der Waals surface area (Å²) in [6.45, 7) is 2.15. The van der Waals surface area contributed by atoms with Crippen LogP contribution in [-0.2, 0) is 9.84 Å². The number of aliphatic hydroxyl groups is 1. The Bertz CT molecular complexity index is 1260. The van der Waals surface area contributed by atoms with Gasteiger partial charge >= 0.3 is 0 Å². The molecule has 1 aliphatic heterocycles. The molecule has 0 radical (unpaired) electrons. The van der Waals surface area contributed by atoms with Crippen LogP contribution in [0, 0.1) is 11.8 Å². The summed E-state index contributed by atoms with van der Waals surface area (Å²) in [6, 6.07) is 8.58. The van der Waals surface area contributed by atoms with Crippen LogP contribution in [-0.4, -0.2) is 62.6 Å². The lowest BCUT2D eigenvalue weighted by Crippen LogP contribution is -2.37. The molecule has 1 aliphatic rings. The van der Waals surface area contributed by atoms with Crippen LogP contribution < -0.4 is 9.47 Å². The summed E-state index contributed by atoms with van der Waals surface area (Å²) in [6.07, 6.45) is 2.00. The summed E-state index contributed by atoms with van der Waals surface area (Å²) in [5, 5.41) is 8.94. The fourth-order valence-electron chi connectivity index (χ4n) is 3.79. The first-order chi connectivity index (χ1) is 16.2. The maximum Gasteiger partial charge on any atom is 0.263 e. The van der Waals surface area contributed by atoms with Gasteiger partial charge in [-0.05, 0) is 43.2 Å². The molecular weight excluding hydrogens is 458 g/mol. The zero-order chi connectivity index (χ0) is 24.9. The molecule has 0 spiro atoms. The van der Waals surface area contributed by atoms with Crippen LogP contribution in [0.5, 0.6) is 11.5 Å². The van der Waals surface area contributed by atoms with Gasteiger partial charge in [0.1, 0.15) is 9.84 Å². The largest absolute Gasteiger partial charge is 0.493 e. The number of unbranched alkanes of at least 4 members (excludes halogenated alkanes) is 1. The van der Waals surface area contributed by atoms with Crippen molar-refractivity contribution in [2.45, 2.75) is 25.8 Å². The van der Waals surface area contributed by atoms with Gasteiger partial charge in [0.2, 0.25) is 0 Å². The minimum Gasteiger partial charge on any atom is -0.493 e. The van der Waals surface area contributed by atoms with E-state index in [9.17, 15) is 18.0 Å². The van der Waals surface area contributed by atoms with Gasteiger partial charge < -0.3 is 14.6 Å². The summed E-state index contributed by atoms with van der Waals surface area (Å²) in [5.74, 6) is 5.00. The Kier molecular flexibility index (Phi) is 7.97. The number of benzene rings is 2. The quantitative estimate of drug-likeness (QED) is 0.330. The maximum atomic E-state index is 13.5. The zero-order valence-electron chi connectivity index (χ0n) is 19.3. The van der Waals surface area contributed by atoms with Crippen molar-refractivity contribution in [2.24, 2.45) is 0 Å². The van der Waals surface area contributed by atoms with Gasteiger partial charge in [-0.15, -0.1) is 0 Å². The Morgan fingerprint density at radius 3 is 2.53 bits per heavy atom. The van der Waals surface area contributed by atoms with Gasteiger partial charge in [0.05, 0.1) is 36.6 Å². The molecular formula is C25H27NO7S. The predicted octanol–water partition coefficient (Wildman–Crippen LogP) is 2.60. The molecule has 0 aliphatic carbocycles. The van der Waals surface area contributed by atoms with Crippen molar-refractivity contribution in [2.75, 3.05) is 32.3 Å². The lowest BCUT2D eigenvalue weighted by molar-refractivity contribution is 0.0597. The lowest BCUT2D eigenvalue weighted by atomic mass is 10.0. The molecule has 0 unspecified atom stereocenters. The average Bonchev–Trinajstić information content (AvgIpc) is 3.05. The number of carbonyl (C=O) groups excluding carboxylic acids is 2. The number of hydrogen-bond acceptors (Lipinski definition) is 7. The topological polar surface area (TPSA) is 110 Å². The number of nitrogens with zero attached hydrogens (tertiary/aromatic N) is 1. The summed E-state index contributed by atoms with van der Waals surface area (Å²) in [5.41, 5.74) is 1.15. The summed E-state index contributed by atoms with van der Waals surface area (Å²) >= 11 is 0. The van der Waals surface area contributed by atoms with E-state index < -0.39 is 33.4 Å². The van der Waals surface area contributed by atoms with E-state index in [1.54, 1.807) is 37.3 Å². The molecule has 8 nitrogen and oxygen atoms in total. The normalized spacial score (nSPS) is 13.8. The van der Waals surface area contributed by atoms with E-state index in [0.29, 0.717) is 42.1 Å². The Balaban J connectivity index is 2.09. The summed E-state index contributed by atoms with van der Waals surface area (Å²) < 4.78 is 35.5. The van der Waals surface area contributed by atoms with Crippen molar-refractivity contribution in [1.29, 1.82) is 0 Å². The number of hydrogen-bond donors (Lipinski definition) is 1. The molecule has 2 amide bonds. The van der Waals surface area contributed by atoms with E-state index in [-0.39, 0.29) is 17.7 Å². The molecule has 0 bridgehead atoms. The maximum absolute atomic E-state index is 13.5. The molecule has 0 saturated heterocycles. The van der Waals surface area contributed by atoms with Crippen molar-refractivity contribution in [3.63, 3.8) is 0 Å². The molecule has 2 aromatic rings. The SMILES string of the molecule is CCOc1cc([C@@H](CS(C)(=O)=O)N2C(=O)c3cccc(C#CCCCO)c3C2=O)ccc1OC. The van der Waals surface area contributed by atoms with Crippen molar-refractivity contribution < 1.29 is 32.6 Å². The second-order valence-electron chi connectivity index (χ2n) is 7.79. The molecule has 1 atom stereocenters. The fourth-order valence-corrected chi connectivity index (χ4v) is 4.71. The van der Waals surface area contributed by atoms with Gasteiger partial charge in [-0.3, -0.25) is 14.5 Å². The number of fused-ring (bicyclic) bond motifs is 1. The van der Waals surface area contributed by atoms with E-state index in [1.165, 1.54) is 13.2 Å². The molecule has 1 heterocycles. The van der Waals surface area contributed by atoms with Gasteiger partial charge in [0.15, 0.2) is 11.5 Å². The molecule has 9 heteroatoms. The lowest BCUT2D eigenvalue weighted by Gasteiger charge is -2.26. The molecule has 2 aromatic carbocycles. The molecule has 3 rings (SSSR count). The molecule has 0 aromatic heterocycles. The van der Waals surface area contributed by atoms with Crippen LogP contribution in [0.1, 0.15) is 57.7 Å². The standard InChI is InChI=1S/C25H27NO7S/c1-4-33-22-15-18(12-13-21(22)32-2)20(16-34(3,30)31)26-24(28)19-11-8-10-17(23(19)25(26)29)9-6-5-7-14-27/h8,10-13,15,20,27H,4-5,7,14,16H2,1-3H3/t20-/m1/s1. The highest BCUT2D eigenvalue weighted by molar-refractivity contribution is 7.90. The highest BCUT2D eigenvalue weighted by atomic mass is 32.2. The Hall–Kier alpha value is -3.35. The van der Waals surface area contributed by atoms with E-state index in [0.717, 1.165) is 11.2 Å². The highest BCUT2D eigenvalue weighted by Gasteiger charge is 2.43. The third-order valence-corrected chi connectivity index (χ3v) is 6.20. The molecule has 34 heavy (non-hydrogen) atoms. The van der Waals surface area contributed by atoms with Gasteiger partial charge in [0, 0.05) is 24.8 Å². The smallest absolute Gasteiger partial charge is 0.263 e. The Morgan fingerprint density at radius 1 is 1.12 bits per heavy atom. The number of aliphatic hydroxyl groups excluding tert-OH is 1. The predicted molar refractivity (Wildman–Crippen MR) is 127 cm³/mol. The third-order valence-electron chi connectivity index (χ3n) is 5.27. The van der Waals surface area contributed by atoms with Crippen LogP contribution in [0.2, 0.25) is 0 Å². The zero-order valence-corrected chi connectivity index (χ0v) is 20.1. The molecule has 1 N–H and O–H groups in total. The number of amides is 2. The monoisotopic (exact) mass is 485 g/mol. The van der Waals surface area contributed by atoms with E-state index >= 15 is 0 Å². The van der Waals surface area contributed by atoms with Gasteiger partial charge in [-0.2, -0.15) is 0 Å². The summed E-state index contributed by atoms with van der Waals surface area (Å²) in [7, 11) is -2.10. The first-order valence-corrected chi connectivity index (χ1v) is 12.9. The van der Waals surface area contributed by atoms with E-state index in [2.05, 4.69) is 11.8 Å². The molecule has 0 fully saturated rings.